The average molecular weight is 461 g/mol. The minimum absolute atomic E-state index is 0.136. The van der Waals surface area contributed by atoms with Crippen molar-refractivity contribution in [1.82, 2.24) is 19.4 Å². The number of hydrogen-bond acceptors (Lipinski definition) is 6. The predicted molar refractivity (Wildman–Crippen MR) is 132 cm³/mol. The van der Waals surface area contributed by atoms with Crippen LogP contribution in [0.1, 0.15) is 19.6 Å². The Bertz CT molecular complexity index is 1480. The number of nitrogens with two attached hydrogens (primary N) is 1. The number of anilines is 1. The van der Waals surface area contributed by atoms with Crippen molar-refractivity contribution in [1.29, 1.82) is 0 Å². The summed E-state index contributed by atoms with van der Waals surface area (Å²) in [6.07, 6.45) is 1.58. The lowest BCUT2D eigenvalue weighted by Crippen LogP contribution is -2.23. The number of fused-ring (bicyclic) bond motifs is 3. The molecule has 9 heteroatoms. The predicted octanol–water partition coefficient (Wildman–Crippen LogP) is 4.81. The van der Waals surface area contributed by atoms with Crippen molar-refractivity contribution in [3.05, 3.63) is 60.6 Å². The highest BCUT2D eigenvalue weighted by atomic mass is 32.2. The summed E-state index contributed by atoms with van der Waals surface area (Å²) in [4.78, 5) is 12.9. The SMILES string of the molecule is CCn1c2ccccc2c2cc(NC(=O)C(C)Sc3nnc(-c4ccoc4C)n3N)ccc21. The molecule has 3 heterocycles. The van der Waals surface area contributed by atoms with Crippen molar-refractivity contribution in [3.8, 4) is 11.4 Å². The summed E-state index contributed by atoms with van der Waals surface area (Å²) < 4.78 is 8.99. The van der Waals surface area contributed by atoms with Crippen LogP contribution in [0.25, 0.3) is 33.2 Å². The minimum atomic E-state index is -0.428. The van der Waals surface area contributed by atoms with Crippen molar-refractivity contribution in [2.24, 2.45) is 0 Å². The topological polar surface area (TPSA) is 104 Å². The molecule has 0 fully saturated rings. The van der Waals surface area contributed by atoms with E-state index in [0.717, 1.165) is 28.7 Å². The van der Waals surface area contributed by atoms with E-state index >= 15 is 0 Å². The molecule has 1 amide bonds. The zero-order valence-corrected chi connectivity index (χ0v) is 19.4. The van der Waals surface area contributed by atoms with Gasteiger partial charge in [0.2, 0.25) is 11.1 Å². The Morgan fingerprint density at radius 2 is 1.94 bits per heavy atom. The van der Waals surface area contributed by atoms with Crippen molar-refractivity contribution >= 4 is 45.2 Å². The molecule has 0 aliphatic rings. The highest BCUT2D eigenvalue weighted by Gasteiger charge is 2.21. The van der Waals surface area contributed by atoms with Gasteiger partial charge in [-0.2, -0.15) is 0 Å². The number of carbonyl (C=O) groups is 1. The monoisotopic (exact) mass is 460 g/mol. The van der Waals surface area contributed by atoms with Crippen LogP contribution >= 0.6 is 11.8 Å². The van der Waals surface area contributed by atoms with Crippen LogP contribution in [0, 0.1) is 6.92 Å². The van der Waals surface area contributed by atoms with Gasteiger partial charge in [0.05, 0.1) is 17.1 Å². The van der Waals surface area contributed by atoms with E-state index in [2.05, 4.69) is 45.2 Å². The van der Waals surface area contributed by atoms with Gasteiger partial charge in [0.25, 0.3) is 0 Å². The Labute approximate surface area is 194 Å². The second-order valence-electron chi connectivity index (χ2n) is 7.81. The van der Waals surface area contributed by atoms with Gasteiger partial charge in [-0.15, -0.1) is 10.2 Å². The third-order valence-corrected chi connectivity index (χ3v) is 6.83. The Kier molecular flexibility index (Phi) is 5.33. The number of benzene rings is 2. The molecule has 2 aromatic carbocycles. The molecule has 0 saturated heterocycles. The van der Waals surface area contributed by atoms with E-state index in [4.69, 9.17) is 10.3 Å². The first-order valence-corrected chi connectivity index (χ1v) is 11.6. The second-order valence-corrected chi connectivity index (χ2v) is 9.12. The van der Waals surface area contributed by atoms with E-state index in [1.807, 2.05) is 38.1 Å². The molecule has 5 rings (SSSR count). The molecule has 3 N–H and O–H groups in total. The van der Waals surface area contributed by atoms with Crippen LogP contribution in [0.2, 0.25) is 0 Å². The van der Waals surface area contributed by atoms with Crippen LogP contribution < -0.4 is 11.2 Å². The van der Waals surface area contributed by atoms with E-state index in [0.29, 0.717) is 16.7 Å². The van der Waals surface area contributed by atoms with Gasteiger partial charge in [0.15, 0.2) is 5.82 Å². The molecule has 3 aromatic heterocycles. The van der Waals surface area contributed by atoms with Crippen molar-refractivity contribution in [3.63, 3.8) is 0 Å². The molecule has 5 aromatic rings. The Morgan fingerprint density at radius 1 is 1.15 bits per heavy atom. The zero-order valence-electron chi connectivity index (χ0n) is 18.6. The maximum atomic E-state index is 12.9. The zero-order chi connectivity index (χ0) is 23.1. The lowest BCUT2D eigenvalue weighted by atomic mass is 10.1. The van der Waals surface area contributed by atoms with Gasteiger partial charge in [-0.25, -0.2) is 4.68 Å². The number of amides is 1. The fourth-order valence-corrected chi connectivity index (χ4v) is 4.86. The first-order chi connectivity index (χ1) is 16.0. The number of rotatable bonds is 6. The first kappa shape index (κ1) is 21.1. The number of aryl methyl sites for hydroxylation is 2. The number of nitrogen functional groups attached to an aromatic ring is 1. The quantitative estimate of drug-likeness (QED) is 0.278. The van der Waals surface area contributed by atoms with E-state index in [9.17, 15) is 4.79 Å². The number of nitrogens with zero attached hydrogens (tertiary/aromatic N) is 4. The molecular formula is C24H24N6O2S. The molecule has 0 bridgehead atoms. The van der Waals surface area contributed by atoms with Gasteiger partial charge in [0.1, 0.15) is 5.76 Å². The highest BCUT2D eigenvalue weighted by Crippen LogP contribution is 2.32. The summed E-state index contributed by atoms with van der Waals surface area (Å²) >= 11 is 1.25. The van der Waals surface area contributed by atoms with Gasteiger partial charge < -0.3 is 20.1 Å². The normalized spacial score (nSPS) is 12.5. The number of furan rings is 1. The number of thioether (sulfide) groups is 1. The second kappa shape index (κ2) is 8.32. The van der Waals surface area contributed by atoms with Crippen LogP contribution in [0.5, 0.6) is 0 Å². The molecule has 8 nitrogen and oxygen atoms in total. The summed E-state index contributed by atoms with van der Waals surface area (Å²) in [5.74, 6) is 7.25. The molecule has 0 spiro atoms. The van der Waals surface area contributed by atoms with Gasteiger partial charge in [0, 0.05) is 34.0 Å². The lowest BCUT2D eigenvalue weighted by Gasteiger charge is -2.12. The van der Waals surface area contributed by atoms with Crippen LogP contribution in [-0.4, -0.2) is 30.6 Å². The van der Waals surface area contributed by atoms with E-state index in [1.54, 1.807) is 12.3 Å². The largest absolute Gasteiger partial charge is 0.469 e. The standard InChI is InChI=1S/C24H24N6O2S/c1-4-29-20-8-6-5-7-18(20)19-13-16(9-10-21(19)29)26-23(31)15(3)33-24-28-27-22(30(24)25)17-11-12-32-14(17)2/h5-13,15H,4,25H2,1-3H3,(H,26,31). The number of para-hydroxylation sites is 1. The van der Waals surface area contributed by atoms with Crippen molar-refractivity contribution in [2.45, 2.75) is 37.7 Å². The van der Waals surface area contributed by atoms with E-state index < -0.39 is 5.25 Å². The van der Waals surface area contributed by atoms with Crippen molar-refractivity contribution in [2.75, 3.05) is 11.2 Å². The van der Waals surface area contributed by atoms with Crippen LogP contribution in [0.4, 0.5) is 5.69 Å². The Balaban J connectivity index is 1.36. The van der Waals surface area contributed by atoms with Crippen LogP contribution in [0.15, 0.2) is 64.4 Å². The van der Waals surface area contributed by atoms with E-state index in [-0.39, 0.29) is 5.91 Å². The maximum Gasteiger partial charge on any atom is 0.237 e. The van der Waals surface area contributed by atoms with E-state index in [1.165, 1.54) is 27.3 Å². The van der Waals surface area contributed by atoms with Gasteiger partial charge in [-0.1, -0.05) is 30.0 Å². The molecule has 33 heavy (non-hydrogen) atoms. The molecule has 0 saturated carbocycles. The molecule has 0 aliphatic carbocycles. The fourth-order valence-electron chi connectivity index (χ4n) is 4.09. The molecule has 168 valence electrons. The smallest absolute Gasteiger partial charge is 0.237 e. The summed E-state index contributed by atoms with van der Waals surface area (Å²) in [5, 5.41) is 13.7. The minimum Gasteiger partial charge on any atom is -0.469 e. The Morgan fingerprint density at radius 3 is 2.70 bits per heavy atom. The van der Waals surface area contributed by atoms with Gasteiger partial charge in [-0.05, 0) is 51.1 Å². The Hall–Kier alpha value is -3.72. The first-order valence-electron chi connectivity index (χ1n) is 10.7. The van der Waals surface area contributed by atoms with Gasteiger partial charge >= 0.3 is 0 Å². The fraction of sp³-hybridized carbons (Fsp3) is 0.208. The number of nitrogens with one attached hydrogen (secondary N) is 1. The summed E-state index contributed by atoms with van der Waals surface area (Å²) in [7, 11) is 0. The summed E-state index contributed by atoms with van der Waals surface area (Å²) in [5.41, 5.74) is 3.86. The molecule has 0 aliphatic heterocycles. The molecule has 1 atom stereocenters. The number of aromatic nitrogens is 4. The average Bonchev–Trinajstić information content (AvgIpc) is 3.49. The summed E-state index contributed by atoms with van der Waals surface area (Å²) in [6.45, 7) is 6.67. The highest BCUT2D eigenvalue weighted by molar-refractivity contribution is 8.00. The number of carbonyl (C=O) groups excluding carboxylic acids is 1. The molecule has 1 unspecified atom stereocenters. The summed E-state index contributed by atoms with van der Waals surface area (Å²) in [6, 6.07) is 16.1. The lowest BCUT2D eigenvalue weighted by molar-refractivity contribution is -0.115. The number of hydrogen-bond donors (Lipinski definition) is 2. The van der Waals surface area contributed by atoms with Gasteiger partial charge in [-0.3, -0.25) is 4.79 Å². The third kappa shape index (κ3) is 3.64. The van der Waals surface area contributed by atoms with Crippen molar-refractivity contribution < 1.29 is 9.21 Å². The maximum absolute atomic E-state index is 12.9. The molecular weight excluding hydrogens is 436 g/mol. The van der Waals surface area contributed by atoms with Crippen LogP contribution in [-0.2, 0) is 11.3 Å². The third-order valence-electron chi connectivity index (χ3n) is 5.77. The van der Waals surface area contributed by atoms with Crippen LogP contribution in [0.3, 0.4) is 0 Å². The molecule has 0 radical (unpaired) electrons.